The molecule has 1 saturated heterocycles. The van der Waals surface area contributed by atoms with E-state index in [9.17, 15) is 12.8 Å². The second-order valence-corrected chi connectivity index (χ2v) is 6.65. The van der Waals surface area contributed by atoms with Gasteiger partial charge in [0.2, 0.25) is 0 Å². The fraction of sp³-hybridized carbons (Fsp3) is 0.417. The van der Waals surface area contributed by atoms with Gasteiger partial charge in [0.05, 0.1) is 23.1 Å². The molecule has 0 radical (unpaired) electrons. The molecule has 0 aliphatic carbocycles. The molecule has 0 amide bonds. The fourth-order valence-electron chi connectivity index (χ4n) is 1.91. The highest BCUT2D eigenvalue weighted by molar-refractivity contribution is 7.91. The Morgan fingerprint density at radius 3 is 2.61 bits per heavy atom. The summed E-state index contributed by atoms with van der Waals surface area (Å²) < 4.78 is 36.1. The molecule has 0 unspecified atom stereocenters. The van der Waals surface area contributed by atoms with Crippen molar-refractivity contribution in [3.8, 4) is 6.07 Å². The third-order valence-electron chi connectivity index (χ3n) is 3.01. The van der Waals surface area contributed by atoms with Crippen LogP contribution < -0.4 is 0 Å². The van der Waals surface area contributed by atoms with Crippen molar-refractivity contribution < 1.29 is 12.8 Å². The van der Waals surface area contributed by atoms with Crippen LogP contribution in [0.3, 0.4) is 0 Å². The molecule has 1 aliphatic rings. The molecule has 0 saturated carbocycles. The van der Waals surface area contributed by atoms with Crippen molar-refractivity contribution in [3.05, 3.63) is 35.1 Å². The lowest BCUT2D eigenvalue weighted by atomic mass is 10.1. The van der Waals surface area contributed by atoms with Crippen molar-refractivity contribution in [2.24, 2.45) is 0 Å². The highest BCUT2D eigenvalue weighted by atomic mass is 32.2. The van der Waals surface area contributed by atoms with Crippen molar-refractivity contribution in [1.29, 1.82) is 5.26 Å². The summed E-state index contributed by atoms with van der Waals surface area (Å²) in [6.07, 6.45) is 0. The van der Waals surface area contributed by atoms with Crippen LogP contribution >= 0.6 is 0 Å². The summed E-state index contributed by atoms with van der Waals surface area (Å²) in [7, 11) is -2.92. The summed E-state index contributed by atoms with van der Waals surface area (Å²) in [5.74, 6) is -0.124. The molecule has 2 rings (SSSR count). The number of nitrogens with zero attached hydrogens (tertiary/aromatic N) is 2. The highest BCUT2D eigenvalue weighted by Gasteiger charge is 2.22. The first-order valence-corrected chi connectivity index (χ1v) is 7.43. The molecule has 1 heterocycles. The monoisotopic (exact) mass is 268 g/mol. The molecule has 6 heteroatoms. The van der Waals surface area contributed by atoms with Gasteiger partial charge in [-0.2, -0.15) is 5.26 Å². The number of sulfone groups is 1. The van der Waals surface area contributed by atoms with Crippen LogP contribution in [0.1, 0.15) is 11.1 Å². The summed E-state index contributed by atoms with van der Waals surface area (Å²) in [5, 5.41) is 8.76. The van der Waals surface area contributed by atoms with Crippen LogP contribution in [0.2, 0.25) is 0 Å². The average Bonchev–Trinajstić information content (AvgIpc) is 2.34. The van der Waals surface area contributed by atoms with E-state index >= 15 is 0 Å². The smallest absolute Gasteiger partial charge is 0.152 e. The quantitative estimate of drug-likeness (QED) is 0.800. The van der Waals surface area contributed by atoms with Crippen LogP contribution in [0, 0.1) is 17.1 Å². The number of rotatable bonds is 2. The van der Waals surface area contributed by atoms with E-state index in [1.807, 2.05) is 11.0 Å². The van der Waals surface area contributed by atoms with Crippen molar-refractivity contribution in [2.45, 2.75) is 6.54 Å². The summed E-state index contributed by atoms with van der Waals surface area (Å²) in [6, 6.07) is 6.18. The van der Waals surface area contributed by atoms with Gasteiger partial charge in [-0.15, -0.1) is 0 Å². The molecule has 4 nitrogen and oxygen atoms in total. The van der Waals surface area contributed by atoms with Crippen LogP contribution in [-0.2, 0) is 16.4 Å². The third kappa shape index (κ3) is 3.06. The Labute approximate surface area is 106 Å². The molecule has 0 N–H and O–H groups in total. The minimum atomic E-state index is -2.92. The zero-order valence-corrected chi connectivity index (χ0v) is 10.6. The maximum Gasteiger partial charge on any atom is 0.152 e. The minimum Gasteiger partial charge on any atom is -0.297 e. The van der Waals surface area contributed by atoms with Crippen LogP contribution in [0.5, 0.6) is 0 Å². The summed E-state index contributed by atoms with van der Waals surface area (Å²) in [5.41, 5.74) is 0.851. The minimum absolute atomic E-state index is 0.118. The van der Waals surface area contributed by atoms with Gasteiger partial charge in [-0.05, 0) is 18.2 Å². The van der Waals surface area contributed by atoms with Crippen molar-refractivity contribution >= 4 is 9.84 Å². The number of halogens is 1. The van der Waals surface area contributed by atoms with E-state index in [0.717, 1.165) is 0 Å². The second kappa shape index (κ2) is 5.04. The number of nitriles is 1. The first-order chi connectivity index (χ1) is 8.50. The number of hydrogen-bond acceptors (Lipinski definition) is 4. The molecule has 1 fully saturated rings. The Balaban J connectivity index is 2.09. The summed E-state index contributed by atoms with van der Waals surface area (Å²) in [4.78, 5) is 1.89. The normalized spacial score (nSPS) is 19.3. The second-order valence-electron chi connectivity index (χ2n) is 4.35. The van der Waals surface area contributed by atoms with E-state index in [-0.39, 0.29) is 17.3 Å². The van der Waals surface area contributed by atoms with Gasteiger partial charge in [-0.1, -0.05) is 0 Å². The van der Waals surface area contributed by atoms with Gasteiger partial charge >= 0.3 is 0 Å². The van der Waals surface area contributed by atoms with Gasteiger partial charge < -0.3 is 0 Å². The first-order valence-electron chi connectivity index (χ1n) is 5.61. The van der Waals surface area contributed by atoms with Crippen LogP contribution in [0.25, 0.3) is 0 Å². The average molecular weight is 268 g/mol. The first kappa shape index (κ1) is 13.0. The molecule has 18 heavy (non-hydrogen) atoms. The lowest BCUT2D eigenvalue weighted by Crippen LogP contribution is -2.39. The van der Waals surface area contributed by atoms with Crippen LogP contribution in [0.4, 0.5) is 4.39 Å². The Hall–Kier alpha value is -1.45. The standard InChI is InChI=1S/C12H13FN2O2S/c13-12-2-1-10(8-14)7-11(12)9-15-3-5-18(16,17)6-4-15/h1-2,7H,3-6,9H2. The fourth-order valence-corrected chi connectivity index (χ4v) is 3.19. The van der Waals surface area contributed by atoms with E-state index < -0.39 is 9.84 Å². The van der Waals surface area contributed by atoms with Gasteiger partial charge in [0.1, 0.15) is 5.82 Å². The predicted molar refractivity (Wildman–Crippen MR) is 65.0 cm³/mol. The topological polar surface area (TPSA) is 61.2 Å². The molecular weight excluding hydrogens is 255 g/mol. The maximum atomic E-state index is 13.6. The molecule has 1 aromatic rings. The summed E-state index contributed by atoms with van der Waals surface area (Å²) >= 11 is 0. The maximum absolute atomic E-state index is 13.6. The van der Waals surface area contributed by atoms with Crippen molar-refractivity contribution in [2.75, 3.05) is 24.6 Å². The summed E-state index contributed by atoms with van der Waals surface area (Å²) in [6.45, 7) is 1.17. The molecule has 0 spiro atoms. The number of hydrogen-bond donors (Lipinski definition) is 0. The Morgan fingerprint density at radius 2 is 2.00 bits per heavy atom. The van der Waals surface area contributed by atoms with E-state index in [1.165, 1.54) is 18.2 Å². The zero-order valence-electron chi connectivity index (χ0n) is 9.76. The van der Waals surface area contributed by atoms with Gasteiger partial charge in [0.15, 0.2) is 9.84 Å². The lowest BCUT2D eigenvalue weighted by molar-refractivity contribution is 0.283. The van der Waals surface area contributed by atoms with Gasteiger partial charge in [0, 0.05) is 25.2 Å². The molecule has 0 atom stereocenters. The zero-order chi connectivity index (χ0) is 13.2. The predicted octanol–water partition coefficient (Wildman–Crippen LogP) is 0.928. The SMILES string of the molecule is N#Cc1ccc(F)c(CN2CCS(=O)(=O)CC2)c1. The van der Waals surface area contributed by atoms with Gasteiger partial charge in [-0.3, -0.25) is 4.90 Å². The molecule has 1 aromatic carbocycles. The molecule has 1 aliphatic heterocycles. The van der Waals surface area contributed by atoms with Gasteiger partial charge in [0.25, 0.3) is 0 Å². The molecular formula is C12H13FN2O2S. The van der Waals surface area contributed by atoms with Crippen molar-refractivity contribution in [1.82, 2.24) is 4.90 Å². The van der Waals surface area contributed by atoms with E-state index in [2.05, 4.69) is 0 Å². The van der Waals surface area contributed by atoms with E-state index in [0.29, 0.717) is 30.8 Å². The molecule has 0 bridgehead atoms. The largest absolute Gasteiger partial charge is 0.297 e. The van der Waals surface area contributed by atoms with Crippen LogP contribution in [0.15, 0.2) is 18.2 Å². The van der Waals surface area contributed by atoms with E-state index in [1.54, 1.807) is 0 Å². The van der Waals surface area contributed by atoms with Crippen LogP contribution in [-0.4, -0.2) is 37.9 Å². The molecule has 0 aromatic heterocycles. The third-order valence-corrected chi connectivity index (χ3v) is 4.61. The number of benzene rings is 1. The van der Waals surface area contributed by atoms with E-state index in [4.69, 9.17) is 5.26 Å². The Morgan fingerprint density at radius 1 is 1.33 bits per heavy atom. The lowest BCUT2D eigenvalue weighted by Gasteiger charge is -2.26. The Bertz CT molecular complexity index is 579. The van der Waals surface area contributed by atoms with Crippen molar-refractivity contribution in [3.63, 3.8) is 0 Å². The Kier molecular flexibility index (Phi) is 3.64. The highest BCUT2D eigenvalue weighted by Crippen LogP contribution is 2.14. The van der Waals surface area contributed by atoms with Gasteiger partial charge in [-0.25, -0.2) is 12.8 Å². The molecule has 96 valence electrons.